The largest absolute Gasteiger partial charge is 0.352 e. The lowest BCUT2D eigenvalue weighted by Gasteiger charge is -2.09. The summed E-state index contributed by atoms with van der Waals surface area (Å²) in [4.78, 5) is 10.3. The molecule has 0 spiro atoms. The topological polar surface area (TPSA) is 28.1 Å². The molecule has 114 valence electrons. The first-order valence-electron chi connectivity index (χ1n) is 7.18. The monoisotopic (exact) mass is 388 g/mol. The van der Waals surface area contributed by atoms with Gasteiger partial charge in [-0.2, -0.15) is 0 Å². The van der Waals surface area contributed by atoms with Crippen molar-refractivity contribution in [3.05, 3.63) is 29.5 Å². The highest BCUT2D eigenvalue weighted by atomic mass is 32.1. The van der Waals surface area contributed by atoms with Crippen LogP contribution < -0.4 is 16.4 Å². The number of thiocarbonyl (C=S) groups is 1. The highest BCUT2D eigenvalue weighted by Gasteiger charge is 2.28. The Labute approximate surface area is 170 Å². The summed E-state index contributed by atoms with van der Waals surface area (Å²) in [6, 6.07) is 5.39. The first-order valence-corrected chi connectivity index (χ1v) is 8.93. The van der Waals surface area contributed by atoms with Gasteiger partial charge in [0, 0.05) is 31.2 Å². The second kappa shape index (κ2) is 6.01. The predicted octanol–water partition coefficient (Wildman–Crippen LogP) is 1.27. The van der Waals surface area contributed by atoms with Crippen molar-refractivity contribution in [2.75, 3.05) is 0 Å². The van der Waals surface area contributed by atoms with Gasteiger partial charge >= 0.3 is 0 Å². The third-order valence-electron chi connectivity index (χ3n) is 4.22. The molecular formula is C16H7B3N2S4. The van der Waals surface area contributed by atoms with E-state index in [1.165, 1.54) is 0 Å². The molecule has 1 N–H and O–H groups in total. The second-order valence-electron chi connectivity index (χ2n) is 5.68. The molecular weight excluding hydrogens is 381 g/mol. The van der Waals surface area contributed by atoms with E-state index < -0.39 is 0 Å². The van der Waals surface area contributed by atoms with Crippen LogP contribution in [-0.4, -0.2) is 39.1 Å². The van der Waals surface area contributed by atoms with E-state index in [1.807, 2.05) is 6.07 Å². The lowest BCUT2D eigenvalue weighted by molar-refractivity contribution is 1.29. The molecule has 0 atom stereocenters. The van der Waals surface area contributed by atoms with Gasteiger partial charge in [0.05, 0.1) is 16.2 Å². The number of aromatic amines is 1. The lowest BCUT2D eigenvalue weighted by atomic mass is 9.79. The van der Waals surface area contributed by atoms with Crippen LogP contribution in [-0.2, 0) is 0 Å². The number of fused-ring (bicyclic) bond motifs is 2. The lowest BCUT2D eigenvalue weighted by Crippen LogP contribution is -2.25. The number of hydrogen-bond acceptors (Lipinski definition) is 5. The van der Waals surface area contributed by atoms with E-state index in [0.717, 1.165) is 10.9 Å². The van der Waals surface area contributed by atoms with Gasteiger partial charge in [-0.1, -0.05) is 29.2 Å². The standard InChI is InChI=1S/C16H7B3N2S4/c17-4-1-2-5-8(10(4)18)15(24)12(20-5)13-16(25)9-6(21-13)3-7(22)14(23)11(9)19/h1-3,20,22-24H. The van der Waals surface area contributed by atoms with Crippen molar-refractivity contribution >= 4 is 117 Å². The Kier molecular flexibility index (Phi) is 4.18. The summed E-state index contributed by atoms with van der Waals surface area (Å²) in [6.45, 7) is 0. The smallest absolute Gasteiger partial charge is 0.116 e. The zero-order valence-corrected chi connectivity index (χ0v) is 16.2. The molecule has 2 nitrogen and oxygen atoms in total. The number of H-pyrrole nitrogens is 1. The number of aliphatic imine (C=N–C) groups is 1. The number of aromatic nitrogens is 1. The Bertz CT molecular complexity index is 1130. The van der Waals surface area contributed by atoms with Crippen molar-refractivity contribution in [3.8, 4) is 0 Å². The van der Waals surface area contributed by atoms with E-state index in [-0.39, 0.29) is 0 Å². The summed E-state index contributed by atoms with van der Waals surface area (Å²) >= 11 is 19.0. The first kappa shape index (κ1) is 17.4. The van der Waals surface area contributed by atoms with Gasteiger partial charge in [-0.05, 0) is 12.1 Å². The van der Waals surface area contributed by atoms with Crippen LogP contribution in [0.4, 0.5) is 5.69 Å². The molecule has 6 radical (unpaired) electrons. The number of thiol groups is 3. The average molecular weight is 388 g/mol. The van der Waals surface area contributed by atoms with Crippen LogP contribution in [0.5, 0.6) is 0 Å². The molecule has 0 fully saturated rings. The van der Waals surface area contributed by atoms with Crippen LogP contribution in [0.2, 0.25) is 0 Å². The van der Waals surface area contributed by atoms with Crippen LogP contribution >= 0.6 is 50.1 Å². The third-order valence-corrected chi connectivity index (χ3v) is 6.08. The molecule has 1 aliphatic rings. The van der Waals surface area contributed by atoms with E-state index in [9.17, 15) is 0 Å². The fourth-order valence-electron chi connectivity index (χ4n) is 2.94. The molecule has 3 aromatic rings. The molecule has 9 heteroatoms. The summed E-state index contributed by atoms with van der Waals surface area (Å²) in [5.41, 5.74) is 4.87. The zero-order chi connectivity index (χ0) is 18.0. The van der Waals surface area contributed by atoms with Crippen LogP contribution in [0.25, 0.3) is 10.9 Å². The molecule has 1 aromatic heterocycles. The highest BCUT2D eigenvalue weighted by Crippen LogP contribution is 2.35. The Hall–Kier alpha value is -1.02. The fourth-order valence-corrected chi connectivity index (χ4v) is 4.12. The predicted molar refractivity (Wildman–Crippen MR) is 121 cm³/mol. The minimum atomic E-state index is 0.468. The minimum Gasteiger partial charge on any atom is -0.352 e. The van der Waals surface area contributed by atoms with Crippen molar-refractivity contribution in [1.82, 2.24) is 4.98 Å². The Morgan fingerprint density at radius 1 is 1.00 bits per heavy atom. The average Bonchev–Trinajstić information content (AvgIpc) is 3.06. The van der Waals surface area contributed by atoms with Crippen LogP contribution in [0.1, 0.15) is 11.3 Å². The molecule has 1 aliphatic heterocycles. The molecule has 2 heterocycles. The van der Waals surface area contributed by atoms with Gasteiger partial charge in [0.1, 0.15) is 29.3 Å². The third kappa shape index (κ3) is 2.47. The molecule has 25 heavy (non-hydrogen) atoms. The van der Waals surface area contributed by atoms with Gasteiger partial charge in [0.15, 0.2) is 0 Å². The summed E-state index contributed by atoms with van der Waals surface area (Å²) < 4.78 is 0. The van der Waals surface area contributed by atoms with Gasteiger partial charge in [-0.15, -0.1) is 43.3 Å². The molecule has 0 saturated heterocycles. The van der Waals surface area contributed by atoms with Crippen molar-refractivity contribution in [2.45, 2.75) is 14.7 Å². The molecule has 4 rings (SSSR count). The van der Waals surface area contributed by atoms with Crippen molar-refractivity contribution < 1.29 is 0 Å². The molecule has 2 aromatic carbocycles. The normalized spacial score (nSPS) is 13.4. The summed E-state index contributed by atoms with van der Waals surface area (Å²) in [7, 11) is 18.2. The Morgan fingerprint density at radius 2 is 1.72 bits per heavy atom. The van der Waals surface area contributed by atoms with Crippen molar-refractivity contribution in [2.24, 2.45) is 4.99 Å². The maximum atomic E-state index is 6.17. The second-order valence-corrected chi connectivity index (χ2v) is 7.47. The zero-order valence-electron chi connectivity index (χ0n) is 12.7. The molecule has 0 bridgehead atoms. The van der Waals surface area contributed by atoms with Gasteiger partial charge in [-0.25, -0.2) is 4.99 Å². The van der Waals surface area contributed by atoms with Gasteiger partial charge < -0.3 is 4.98 Å². The van der Waals surface area contributed by atoms with Gasteiger partial charge in [0.2, 0.25) is 0 Å². The van der Waals surface area contributed by atoms with E-state index in [2.05, 4.69) is 47.9 Å². The maximum Gasteiger partial charge on any atom is 0.116 e. The number of rotatable bonds is 1. The first-order chi connectivity index (χ1) is 11.8. The van der Waals surface area contributed by atoms with E-state index >= 15 is 0 Å². The Balaban J connectivity index is 1.95. The van der Waals surface area contributed by atoms with E-state index in [1.54, 1.807) is 12.1 Å². The summed E-state index contributed by atoms with van der Waals surface area (Å²) in [6.07, 6.45) is 0. The summed E-state index contributed by atoms with van der Waals surface area (Å²) in [5, 5.41) is 0.748. The van der Waals surface area contributed by atoms with Gasteiger partial charge in [-0.3, -0.25) is 0 Å². The SMILES string of the molecule is [B]c1ccc2[nH]c(C3=Nc4cc(S)c(S)c([B])c4C3=S)c(S)c2c1[B]. The molecule has 0 aliphatic carbocycles. The number of nitrogens with zero attached hydrogens (tertiary/aromatic N) is 1. The molecule has 0 amide bonds. The van der Waals surface area contributed by atoms with Gasteiger partial charge in [0.25, 0.3) is 0 Å². The van der Waals surface area contributed by atoms with E-state index in [4.69, 9.17) is 35.8 Å². The number of benzene rings is 2. The van der Waals surface area contributed by atoms with Crippen LogP contribution in [0.3, 0.4) is 0 Å². The van der Waals surface area contributed by atoms with Crippen LogP contribution in [0.15, 0.2) is 37.9 Å². The summed E-state index contributed by atoms with van der Waals surface area (Å²) in [5.74, 6) is 0. The molecule has 0 saturated carbocycles. The highest BCUT2D eigenvalue weighted by molar-refractivity contribution is 7.84. The fraction of sp³-hybridized carbons (Fsp3) is 0. The minimum absolute atomic E-state index is 0.468. The van der Waals surface area contributed by atoms with Crippen molar-refractivity contribution in [1.29, 1.82) is 0 Å². The number of hydrogen-bond donors (Lipinski definition) is 4. The molecule has 0 unspecified atom stereocenters. The van der Waals surface area contributed by atoms with E-state index in [0.29, 0.717) is 58.6 Å². The Morgan fingerprint density at radius 3 is 2.44 bits per heavy atom. The van der Waals surface area contributed by atoms with Crippen molar-refractivity contribution in [3.63, 3.8) is 0 Å². The number of nitrogens with one attached hydrogen (secondary N) is 1. The quantitative estimate of drug-likeness (QED) is 0.283. The van der Waals surface area contributed by atoms with Crippen LogP contribution in [0, 0.1) is 0 Å². The maximum absolute atomic E-state index is 6.17.